The molecule has 1 heterocycles. The number of carboxylic acids is 1. The maximum Gasteiger partial charge on any atom is 0.353 e. The van der Waals surface area contributed by atoms with E-state index in [2.05, 4.69) is 44.2 Å². The largest absolute Gasteiger partial charge is 0.493 e. The lowest BCUT2D eigenvalue weighted by atomic mass is 9.98. The van der Waals surface area contributed by atoms with Crippen molar-refractivity contribution >= 4 is 27.6 Å². The third-order valence-electron chi connectivity index (χ3n) is 6.50. The maximum atomic E-state index is 12.5. The van der Waals surface area contributed by atoms with E-state index in [-0.39, 0.29) is 0 Å². The number of carboxylic acid groups (broad SMARTS) is 1. The summed E-state index contributed by atoms with van der Waals surface area (Å²) in [5.74, 6) is -0.0656. The molecule has 4 heteroatoms. The minimum atomic E-state index is -0.917. The zero-order chi connectivity index (χ0) is 23.7. The molecule has 5 rings (SSSR count). The number of ether oxygens (including phenoxy) is 1. The van der Waals surface area contributed by atoms with Crippen molar-refractivity contribution in [3.8, 4) is 16.9 Å². The standard InChI is InChI=1S/C30H27NO3/c1-20-15-16-23(19-21(20)2)28-25-12-5-6-13-26(25)31(29(28)30(32)33)17-8-18-34-27-14-7-10-22-9-3-4-11-24(22)27/h3-7,9-16,19H,8,17-18H2,1-2H3,(H,32,33). The van der Waals surface area contributed by atoms with Gasteiger partial charge < -0.3 is 14.4 Å². The number of benzene rings is 4. The van der Waals surface area contributed by atoms with Crippen molar-refractivity contribution in [2.24, 2.45) is 0 Å². The van der Waals surface area contributed by atoms with Crippen LogP contribution in [0.1, 0.15) is 28.0 Å². The van der Waals surface area contributed by atoms with Gasteiger partial charge in [0.05, 0.1) is 6.61 Å². The Bertz CT molecular complexity index is 1510. The Labute approximate surface area is 199 Å². The number of hydrogen-bond donors (Lipinski definition) is 1. The van der Waals surface area contributed by atoms with Crippen LogP contribution in [0.3, 0.4) is 0 Å². The predicted molar refractivity (Wildman–Crippen MR) is 138 cm³/mol. The number of nitrogens with zero attached hydrogens (tertiary/aromatic N) is 1. The first kappa shape index (κ1) is 21.8. The third-order valence-corrected chi connectivity index (χ3v) is 6.50. The molecule has 0 bridgehead atoms. The van der Waals surface area contributed by atoms with E-state index in [1.165, 1.54) is 5.56 Å². The smallest absolute Gasteiger partial charge is 0.353 e. The van der Waals surface area contributed by atoms with E-state index < -0.39 is 5.97 Å². The summed E-state index contributed by atoms with van der Waals surface area (Å²) in [6.07, 6.45) is 0.689. The molecular formula is C30H27NO3. The molecule has 4 nitrogen and oxygen atoms in total. The summed E-state index contributed by atoms with van der Waals surface area (Å²) in [6, 6.07) is 28.3. The van der Waals surface area contributed by atoms with Crippen molar-refractivity contribution in [3.05, 3.63) is 102 Å². The van der Waals surface area contributed by atoms with Gasteiger partial charge in [-0.15, -0.1) is 0 Å². The molecule has 0 saturated carbocycles. The fourth-order valence-corrected chi connectivity index (χ4v) is 4.67. The Morgan fingerprint density at radius 3 is 2.38 bits per heavy atom. The second-order valence-corrected chi connectivity index (χ2v) is 8.68. The molecule has 0 saturated heterocycles. The minimum Gasteiger partial charge on any atom is -0.493 e. The monoisotopic (exact) mass is 449 g/mol. The van der Waals surface area contributed by atoms with Crippen LogP contribution in [-0.2, 0) is 6.54 Å². The molecule has 0 amide bonds. The van der Waals surface area contributed by atoms with Crippen molar-refractivity contribution in [2.75, 3.05) is 6.61 Å². The summed E-state index contributed by atoms with van der Waals surface area (Å²) in [6.45, 7) is 5.18. The molecular weight excluding hydrogens is 422 g/mol. The van der Waals surface area contributed by atoms with Gasteiger partial charge in [-0.1, -0.05) is 72.8 Å². The van der Waals surface area contributed by atoms with Crippen molar-refractivity contribution in [3.63, 3.8) is 0 Å². The average Bonchev–Trinajstić information content (AvgIpc) is 3.18. The molecule has 0 aliphatic carbocycles. The van der Waals surface area contributed by atoms with Crippen LogP contribution in [0.4, 0.5) is 0 Å². The van der Waals surface area contributed by atoms with Crippen LogP contribution in [0, 0.1) is 13.8 Å². The fourth-order valence-electron chi connectivity index (χ4n) is 4.67. The van der Waals surface area contributed by atoms with Gasteiger partial charge in [-0.05, 0) is 54.5 Å². The highest BCUT2D eigenvalue weighted by molar-refractivity contribution is 6.08. The van der Waals surface area contributed by atoms with Crippen LogP contribution in [0.25, 0.3) is 32.8 Å². The van der Waals surface area contributed by atoms with Crippen LogP contribution in [0.2, 0.25) is 0 Å². The van der Waals surface area contributed by atoms with Crippen molar-refractivity contribution in [2.45, 2.75) is 26.8 Å². The van der Waals surface area contributed by atoms with E-state index in [9.17, 15) is 9.90 Å². The highest BCUT2D eigenvalue weighted by atomic mass is 16.5. The van der Waals surface area contributed by atoms with Crippen molar-refractivity contribution in [1.29, 1.82) is 0 Å². The topological polar surface area (TPSA) is 51.5 Å². The Hall–Kier alpha value is -4.05. The van der Waals surface area contributed by atoms with Crippen molar-refractivity contribution in [1.82, 2.24) is 4.57 Å². The molecule has 0 fully saturated rings. The number of fused-ring (bicyclic) bond motifs is 2. The zero-order valence-corrected chi connectivity index (χ0v) is 19.4. The van der Waals surface area contributed by atoms with Gasteiger partial charge in [0.1, 0.15) is 11.4 Å². The quantitative estimate of drug-likeness (QED) is 0.266. The van der Waals surface area contributed by atoms with Gasteiger partial charge in [0.25, 0.3) is 0 Å². The molecule has 170 valence electrons. The van der Waals surface area contributed by atoms with E-state index in [4.69, 9.17) is 4.74 Å². The number of aryl methyl sites for hydroxylation is 3. The van der Waals surface area contributed by atoms with E-state index in [0.717, 1.165) is 44.1 Å². The zero-order valence-electron chi connectivity index (χ0n) is 19.4. The lowest BCUT2D eigenvalue weighted by Gasteiger charge is -2.12. The van der Waals surface area contributed by atoms with Crippen LogP contribution in [0.5, 0.6) is 5.75 Å². The molecule has 0 radical (unpaired) electrons. The Morgan fingerprint density at radius 1 is 0.853 bits per heavy atom. The number of aromatic carboxylic acids is 1. The lowest BCUT2D eigenvalue weighted by Crippen LogP contribution is -2.12. The fraction of sp³-hybridized carbons (Fsp3) is 0.167. The van der Waals surface area contributed by atoms with E-state index in [1.807, 2.05) is 59.2 Å². The number of rotatable bonds is 7. The van der Waals surface area contributed by atoms with Gasteiger partial charge in [0.2, 0.25) is 0 Å². The van der Waals surface area contributed by atoms with Crippen LogP contribution < -0.4 is 4.74 Å². The minimum absolute atomic E-state index is 0.328. The van der Waals surface area contributed by atoms with Gasteiger partial charge in [-0.25, -0.2) is 4.79 Å². The molecule has 4 aromatic carbocycles. The first-order valence-electron chi connectivity index (χ1n) is 11.6. The maximum absolute atomic E-state index is 12.5. The summed E-state index contributed by atoms with van der Waals surface area (Å²) in [7, 11) is 0. The molecule has 1 aromatic heterocycles. The Kier molecular flexibility index (Phi) is 5.81. The third kappa shape index (κ3) is 3.92. The van der Waals surface area contributed by atoms with Gasteiger partial charge in [-0.2, -0.15) is 0 Å². The molecule has 0 aliphatic rings. The normalized spacial score (nSPS) is 11.2. The SMILES string of the molecule is Cc1ccc(-c2c(C(=O)O)n(CCCOc3cccc4ccccc34)c3ccccc23)cc1C. The van der Waals surface area contributed by atoms with Crippen molar-refractivity contribution < 1.29 is 14.6 Å². The van der Waals surface area contributed by atoms with Crippen LogP contribution in [0.15, 0.2) is 84.9 Å². The van der Waals surface area contributed by atoms with Crippen LogP contribution >= 0.6 is 0 Å². The molecule has 0 unspecified atom stereocenters. The summed E-state index contributed by atoms with van der Waals surface area (Å²) in [4.78, 5) is 12.5. The summed E-state index contributed by atoms with van der Waals surface area (Å²) in [5.41, 5.74) is 5.31. The molecule has 34 heavy (non-hydrogen) atoms. The second kappa shape index (κ2) is 9.06. The van der Waals surface area contributed by atoms with Gasteiger partial charge in [0.15, 0.2) is 0 Å². The van der Waals surface area contributed by atoms with E-state index >= 15 is 0 Å². The molecule has 5 aromatic rings. The number of hydrogen-bond acceptors (Lipinski definition) is 2. The van der Waals surface area contributed by atoms with E-state index in [1.54, 1.807) is 0 Å². The first-order valence-corrected chi connectivity index (χ1v) is 11.6. The Morgan fingerprint density at radius 2 is 1.59 bits per heavy atom. The number of para-hydroxylation sites is 1. The predicted octanol–water partition coefficient (Wildman–Crippen LogP) is 7.25. The van der Waals surface area contributed by atoms with E-state index in [0.29, 0.717) is 25.3 Å². The lowest BCUT2D eigenvalue weighted by molar-refractivity contribution is 0.0686. The molecule has 1 N–H and O–H groups in total. The first-order chi connectivity index (χ1) is 16.5. The molecule has 0 aliphatic heterocycles. The summed E-state index contributed by atoms with van der Waals surface area (Å²) < 4.78 is 8.04. The summed E-state index contributed by atoms with van der Waals surface area (Å²) >= 11 is 0. The molecule has 0 spiro atoms. The van der Waals surface area contributed by atoms with Crippen LogP contribution in [-0.4, -0.2) is 22.2 Å². The molecule has 0 atom stereocenters. The highest BCUT2D eigenvalue weighted by Gasteiger charge is 2.23. The second-order valence-electron chi connectivity index (χ2n) is 8.68. The average molecular weight is 450 g/mol. The highest BCUT2D eigenvalue weighted by Crippen LogP contribution is 2.36. The van der Waals surface area contributed by atoms with Gasteiger partial charge >= 0.3 is 5.97 Å². The number of carbonyl (C=O) groups is 1. The summed E-state index contributed by atoms with van der Waals surface area (Å²) in [5, 5.41) is 13.4. The Balaban J connectivity index is 1.47. The number of aromatic nitrogens is 1. The van der Waals surface area contributed by atoms with Gasteiger partial charge in [0, 0.05) is 28.4 Å². The van der Waals surface area contributed by atoms with Gasteiger partial charge in [-0.3, -0.25) is 0 Å².